The van der Waals surface area contributed by atoms with Gasteiger partial charge >= 0.3 is 5.69 Å². The fraction of sp³-hybridized carbons (Fsp3) is 0.733. The summed E-state index contributed by atoms with van der Waals surface area (Å²) in [5.41, 5.74) is 0.482. The van der Waals surface area contributed by atoms with E-state index in [0.717, 1.165) is 6.42 Å². The first-order valence-electron chi connectivity index (χ1n) is 8.02. The van der Waals surface area contributed by atoms with Crippen molar-refractivity contribution in [3.05, 3.63) is 15.8 Å². The van der Waals surface area contributed by atoms with Gasteiger partial charge in [-0.1, -0.05) is 13.8 Å². The van der Waals surface area contributed by atoms with Gasteiger partial charge in [0.15, 0.2) is 0 Å². The molecule has 1 saturated heterocycles. The molecule has 0 saturated carbocycles. The highest BCUT2D eigenvalue weighted by molar-refractivity contribution is 5.76. The van der Waals surface area contributed by atoms with Crippen LogP contribution in [0.3, 0.4) is 0 Å². The number of carbonyl (C=O) groups is 1. The summed E-state index contributed by atoms with van der Waals surface area (Å²) in [5.74, 6) is 1.22. The molecule has 128 valence electrons. The molecule has 23 heavy (non-hydrogen) atoms. The second-order valence-electron chi connectivity index (χ2n) is 6.44. The lowest BCUT2D eigenvalue weighted by Crippen LogP contribution is -2.49. The van der Waals surface area contributed by atoms with Gasteiger partial charge in [0, 0.05) is 39.6 Å². The number of nitrogens with zero attached hydrogens (tertiary/aromatic N) is 5. The Kier molecular flexibility index (Phi) is 5.23. The molecule has 0 aromatic carbocycles. The number of hydrogen-bond donors (Lipinski definition) is 0. The van der Waals surface area contributed by atoms with Crippen LogP contribution in [-0.4, -0.2) is 51.7 Å². The van der Waals surface area contributed by atoms with Crippen LogP contribution in [0.15, 0.2) is 0 Å². The van der Waals surface area contributed by atoms with Gasteiger partial charge in [-0.3, -0.25) is 14.9 Å². The minimum Gasteiger partial charge on any atom is -0.348 e. The third-order valence-corrected chi connectivity index (χ3v) is 4.21. The Morgan fingerprint density at radius 1 is 1.30 bits per heavy atom. The molecule has 0 aliphatic carbocycles. The quantitative estimate of drug-likeness (QED) is 0.608. The number of hydrogen-bond acceptors (Lipinski definition) is 5. The fourth-order valence-electron chi connectivity index (χ4n) is 2.94. The van der Waals surface area contributed by atoms with Gasteiger partial charge in [0.1, 0.15) is 5.69 Å². The van der Waals surface area contributed by atoms with Crippen LogP contribution in [0.4, 0.5) is 11.5 Å². The van der Waals surface area contributed by atoms with Gasteiger partial charge in [-0.15, -0.1) is 0 Å². The van der Waals surface area contributed by atoms with Crippen molar-refractivity contribution in [1.29, 1.82) is 0 Å². The Labute approximate surface area is 136 Å². The van der Waals surface area contributed by atoms with E-state index >= 15 is 0 Å². The predicted octanol–water partition coefficient (Wildman–Crippen LogP) is 1.72. The van der Waals surface area contributed by atoms with Gasteiger partial charge in [0.05, 0.1) is 4.92 Å². The van der Waals surface area contributed by atoms with Crippen molar-refractivity contribution in [3.8, 4) is 0 Å². The van der Waals surface area contributed by atoms with Crippen LogP contribution < -0.4 is 4.90 Å². The maximum absolute atomic E-state index is 12.2. The van der Waals surface area contributed by atoms with Crippen LogP contribution in [0.5, 0.6) is 0 Å². The number of carbonyl (C=O) groups excluding carboxylic acids is 1. The van der Waals surface area contributed by atoms with Crippen LogP contribution in [-0.2, 0) is 11.8 Å². The second-order valence-corrected chi connectivity index (χ2v) is 6.44. The van der Waals surface area contributed by atoms with Crippen LogP contribution in [0.2, 0.25) is 0 Å². The first-order valence-corrected chi connectivity index (χ1v) is 8.02. The Morgan fingerprint density at radius 2 is 1.91 bits per heavy atom. The highest BCUT2D eigenvalue weighted by atomic mass is 16.6. The number of rotatable bonds is 5. The van der Waals surface area contributed by atoms with Gasteiger partial charge in [-0.05, 0) is 19.3 Å². The largest absolute Gasteiger partial charge is 0.348 e. The average molecular weight is 323 g/mol. The number of aromatic nitrogens is 2. The van der Waals surface area contributed by atoms with E-state index in [1.54, 1.807) is 18.7 Å². The van der Waals surface area contributed by atoms with Gasteiger partial charge in [-0.25, -0.2) is 4.68 Å². The van der Waals surface area contributed by atoms with Gasteiger partial charge in [0.25, 0.3) is 0 Å². The Bertz CT molecular complexity index is 588. The van der Waals surface area contributed by atoms with Gasteiger partial charge in [0.2, 0.25) is 11.7 Å². The summed E-state index contributed by atoms with van der Waals surface area (Å²) in [6, 6.07) is 0. The first-order chi connectivity index (χ1) is 10.8. The number of piperazine rings is 1. The lowest BCUT2D eigenvalue weighted by Gasteiger charge is -2.35. The van der Waals surface area contributed by atoms with Crippen LogP contribution >= 0.6 is 0 Å². The fourth-order valence-corrected chi connectivity index (χ4v) is 2.94. The molecule has 1 aromatic heterocycles. The summed E-state index contributed by atoms with van der Waals surface area (Å²) in [5, 5.41) is 15.4. The third kappa shape index (κ3) is 3.80. The van der Waals surface area contributed by atoms with Gasteiger partial charge in [-0.2, -0.15) is 5.10 Å². The summed E-state index contributed by atoms with van der Waals surface area (Å²) in [7, 11) is 1.72. The van der Waals surface area contributed by atoms with Crippen LogP contribution in [0.25, 0.3) is 0 Å². The Morgan fingerprint density at radius 3 is 2.43 bits per heavy atom. The highest BCUT2D eigenvalue weighted by Gasteiger charge is 2.31. The first kappa shape index (κ1) is 17.2. The summed E-state index contributed by atoms with van der Waals surface area (Å²) >= 11 is 0. The monoisotopic (exact) mass is 323 g/mol. The number of nitro groups is 1. The topological polar surface area (TPSA) is 84.5 Å². The molecule has 2 rings (SSSR count). The highest BCUT2D eigenvalue weighted by Crippen LogP contribution is 2.31. The van der Waals surface area contributed by atoms with Crippen LogP contribution in [0.1, 0.15) is 32.4 Å². The molecule has 1 aromatic rings. The summed E-state index contributed by atoms with van der Waals surface area (Å²) < 4.78 is 1.56. The second kappa shape index (κ2) is 6.97. The Hall–Kier alpha value is -2.12. The lowest BCUT2D eigenvalue weighted by molar-refractivity contribution is -0.384. The van der Waals surface area contributed by atoms with E-state index in [1.165, 1.54) is 0 Å². The molecule has 1 aliphatic rings. The molecule has 0 spiro atoms. The smallest absolute Gasteiger partial charge is 0.333 e. The van der Waals surface area contributed by atoms with E-state index in [1.807, 2.05) is 9.80 Å². The number of aryl methyl sites for hydroxylation is 2. The Balaban J connectivity index is 2.03. The zero-order valence-corrected chi connectivity index (χ0v) is 14.3. The van der Waals surface area contributed by atoms with Crippen molar-refractivity contribution in [3.63, 3.8) is 0 Å². The van der Waals surface area contributed by atoms with E-state index in [9.17, 15) is 14.9 Å². The lowest BCUT2D eigenvalue weighted by atomic mass is 10.1. The molecule has 0 bridgehead atoms. The van der Waals surface area contributed by atoms with E-state index in [2.05, 4.69) is 18.9 Å². The molecular weight excluding hydrogens is 298 g/mol. The van der Waals surface area contributed by atoms with E-state index in [4.69, 9.17) is 0 Å². The molecule has 2 heterocycles. The van der Waals surface area contributed by atoms with Crippen molar-refractivity contribution < 1.29 is 9.72 Å². The molecule has 0 unspecified atom stereocenters. The summed E-state index contributed by atoms with van der Waals surface area (Å²) in [6.07, 6.45) is 1.47. The van der Waals surface area contributed by atoms with Crippen molar-refractivity contribution in [2.45, 2.75) is 33.6 Å². The zero-order valence-electron chi connectivity index (χ0n) is 14.3. The SMILES string of the molecule is Cc1nn(C)c(N2CCN(C(=O)CCC(C)C)CC2)c1[N+](=O)[O-]. The minimum atomic E-state index is -0.377. The van der Waals surface area contributed by atoms with E-state index < -0.39 is 0 Å². The van der Waals surface area contributed by atoms with Crippen molar-refractivity contribution in [2.24, 2.45) is 13.0 Å². The molecule has 8 nitrogen and oxygen atoms in total. The molecule has 0 atom stereocenters. The third-order valence-electron chi connectivity index (χ3n) is 4.21. The predicted molar refractivity (Wildman–Crippen MR) is 87.5 cm³/mol. The standard InChI is InChI=1S/C15H25N5O3/c1-11(2)5-6-13(21)18-7-9-19(10-8-18)15-14(20(22)23)12(3)16-17(15)4/h11H,5-10H2,1-4H3. The molecule has 0 radical (unpaired) electrons. The van der Waals surface area contributed by atoms with Gasteiger partial charge < -0.3 is 9.80 Å². The normalized spacial score (nSPS) is 15.3. The maximum Gasteiger partial charge on any atom is 0.333 e. The summed E-state index contributed by atoms with van der Waals surface area (Å²) in [4.78, 5) is 26.9. The zero-order chi connectivity index (χ0) is 17.1. The number of anilines is 1. The summed E-state index contributed by atoms with van der Waals surface area (Å²) in [6.45, 7) is 8.23. The molecule has 1 fully saturated rings. The molecule has 0 N–H and O–H groups in total. The number of amides is 1. The minimum absolute atomic E-state index is 0.0621. The van der Waals surface area contributed by atoms with E-state index in [0.29, 0.717) is 50.0 Å². The average Bonchev–Trinajstić information content (AvgIpc) is 2.79. The molecular formula is C15H25N5O3. The molecule has 8 heteroatoms. The van der Waals surface area contributed by atoms with Crippen LogP contribution in [0, 0.1) is 23.0 Å². The van der Waals surface area contributed by atoms with Crippen molar-refractivity contribution >= 4 is 17.4 Å². The van der Waals surface area contributed by atoms with Crippen molar-refractivity contribution in [2.75, 3.05) is 31.1 Å². The maximum atomic E-state index is 12.2. The molecule has 1 aliphatic heterocycles. The van der Waals surface area contributed by atoms with Crippen molar-refractivity contribution in [1.82, 2.24) is 14.7 Å². The molecule has 1 amide bonds. The van der Waals surface area contributed by atoms with E-state index in [-0.39, 0.29) is 16.5 Å².